The van der Waals surface area contributed by atoms with Crippen LogP contribution in [0.25, 0.3) is 0 Å². The predicted octanol–water partition coefficient (Wildman–Crippen LogP) is 3.26. The van der Waals surface area contributed by atoms with Crippen molar-refractivity contribution in [3.05, 3.63) is 15.8 Å². The Bertz CT molecular complexity index is 342. The molecule has 0 aliphatic carbocycles. The van der Waals surface area contributed by atoms with Crippen LogP contribution in [-0.2, 0) is 0 Å². The summed E-state index contributed by atoms with van der Waals surface area (Å²) in [5, 5.41) is 0. The largest absolute Gasteiger partial charge is 0.338 e. The minimum atomic E-state index is 0.169. The van der Waals surface area contributed by atoms with Gasteiger partial charge < -0.3 is 4.90 Å². The molecule has 0 fully saturated rings. The Morgan fingerprint density at radius 1 is 1.47 bits per heavy atom. The molecule has 0 aromatic carbocycles. The van der Waals surface area contributed by atoms with Crippen molar-refractivity contribution in [2.24, 2.45) is 0 Å². The van der Waals surface area contributed by atoms with Crippen molar-refractivity contribution >= 4 is 29.0 Å². The number of hydrogen-bond acceptors (Lipinski definition) is 3. The number of rotatable bonds is 4. The summed E-state index contributed by atoms with van der Waals surface area (Å²) in [5.41, 5.74) is 0. The SMILES string of the molecule is CCN(CC)C(=O)c1sc(C)cc1SC. The fourth-order valence-electron chi connectivity index (χ4n) is 1.45. The van der Waals surface area contributed by atoms with Crippen LogP contribution in [0.15, 0.2) is 11.0 Å². The lowest BCUT2D eigenvalue weighted by molar-refractivity contribution is 0.0775. The smallest absolute Gasteiger partial charge is 0.265 e. The maximum Gasteiger partial charge on any atom is 0.265 e. The van der Waals surface area contributed by atoms with Gasteiger partial charge in [0.25, 0.3) is 5.91 Å². The van der Waals surface area contributed by atoms with Gasteiger partial charge in [-0.05, 0) is 33.1 Å². The highest BCUT2D eigenvalue weighted by atomic mass is 32.2. The van der Waals surface area contributed by atoms with Crippen molar-refractivity contribution in [2.75, 3.05) is 19.3 Å². The van der Waals surface area contributed by atoms with E-state index in [1.54, 1.807) is 23.1 Å². The first-order valence-electron chi connectivity index (χ1n) is 5.07. The van der Waals surface area contributed by atoms with Crippen molar-refractivity contribution in [2.45, 2.75) is 25.7 Å². The molecule has 0 saturated carbocycles. The van der Waals surface area contributed by atoms with Gasteiger partial charge in [-0.25, -0.2) is 0 Å². The standard InChI is InChI=1S/C11H17NOS2/c1-5-12(6-2)11(13)10-9(14-4)7-8(3)15-10/h7H,5-6H2,1-4H3. The number of thiophene rings is 1. The van der Waals surface area contributed by atoms with Gasteiger partial charge in [-0.15, -0.1) is 23.1 Å². The summed E-state index contributed by atoms with van der Waals surface area (Å²) in [4.78, 5) is 17.2. The van der Waals surface area contributed by atoms with Crippen molar-refractivity contribution in [3.63, 3.8) is 0 Å². The highest BCUT2D eigenvalue weighted by molar-refractivity contribution is 7.98. The molecule has 4 heteroatoms. The van der Waals surface area contributed by atoms with Crippen molar-refractivity contribution in [3.8, 4) is 0 Å². The van der Waals surface area contributed by atoms with E-state index in [0.29, 0.717) is 0 Å². The number of thioether (sulfide) groups is 1. The van der Waals surface area contributed by atoms with Gasteiger partial charge in [-0.2, -0.15) is 0 Å². The molecule has 0 bridgehead atoms. The maximum atomic E-state index is 12.1. The summed E-state index contributed by atoms with van der Waals surface area (Å²) in [6.45, 7) is 7.63. The molecule has 1 rings (SSSR count). The Hall–Kier alpha value is -0.480. The maximum absolute atomic E-state index is 12.1. The molecule has 0 aliphatic heterocycles. The van der Waals surface area contributed by atoms with Crippen molar-refractivity contribution in [1.82, 2.24) is 4.90 Å². The minimum absolute atomic E-state index is 0.169. The van der Waals surface area contributed by atoms with E-state index in [0.717, 1.165) is 22.9 Å². The number of carbonyl (C=O) groups is 1. The Morgan fingerprint density at radius 2 is 2.07 bits per heavy atom. The fourth-order valence-corrected chi connectivity index (χ4v) is 3.34. The number of aryl methyl sites for hydroxylation is 1. The first-order valence-corrected chi connectivity index (χ1v) is 7.11. The van der Waals surface area contributed by atoms with E-state index in [2.05, 4.69) is 6.07 Å². The first kappa shape index (κ1) is 12.6. The first-order chi connectivity index (χ1) is 7.13. The lowest BCUT2D eigenvalue weighted by Gasteiger charge is -2.18. The van der Waals surface area contributed by atoms with E-state index in [4.69, 9.17) is 0 Å². The normalized spacial score (nSPS) is 10.4. The molecule has 84 valence electrons. The van der Waals surface area contributed by atoms with Crippen LogP contribution in [0.2, 0.25) is 0 Å². The molecule has 0 saturated heterocycles. The average Bonchev–Trinajstić information content (AvgIpc) is 2.61. The van der Waals surface area contributed by atoms with Crippen LogP contribution < -0.4 is 0 Å². The van der Waals surface area contributed by atoms with Gasteiger partial charge >= 0.3 is 0 Å². The molecule has 1 aromatic rings. The molecule has 0 unspecified atom stereocenters. The quantitative estimate of drug-likeness (QED) is 0.757. The number of amides is 1. The second-order valence-electron chi connectivity index (χ2n) is 3.23. The molecule has 0 spiro atoms. The van der Waals surface area contributed by atoms with E-state index in [-0.39, 0.29) is 5.91 Å². The molecule has 2 nitrogen and oxygen atoms in total. The van der Waals surface area contributed by atoms with Crippen LogP contribution in [-0.4, -0.2) is 30.2 Å². The Kier molecular flexibility index (Phi) is 4.67. The highest BCUT2D eigenvalue weighted by Gasteiger charge is 2.18. The molecule has 1 heterocycles. The van der Waals surface area contributed by atoms with Gasteiger partial charge in [-0.1, -0.05) is 0 Å². The summed E-state index contributed by atoms with van der Waals surface area (Å²) in [7, 11) is 0. The summed E-state index contributed by atoms with van der Waals surface area (Å²) in [5.74, 6) is 0.169. The zero-order valence-corrected chi connectivity index (χ0v) is 11.3. The van der Waals surface area contributed by atoms with Gasteiger partial charge in [-0.3, -0.25) is 4.79 Å². The van der Waals surface area contributed by atoms with Crippen LogP contribution in [0.3, 0.4) is 0 Å². The third-order valence-electron chi connectivity index (χ3n) is 2.29. The molecule has 0 radical (unpaired) electrons. The van der Waals surface area contributed by atoms with Gasteiger partial charge in [0.1, 0.15) is 4.88 Å². The summed E-state index contributed by atoms with van der Waals surface area (Å²) in [6, 6.07) is 2.09. The molecule has 0 aliphatic rings. The van der Waals surface area contributed by atoms with E-state index < -0.39 is 0 Å². The third kappa shape index (κ3) is 2.75. The Balaban J connectivity index is 2.98. The molecule has 0 N–H and O–H groups in total. The van der Waals surface area contributed by atoms with Gasteiger partial charge in [0.2, 0.25) is 0 Å². The zero-order chi connectivity index (χ0) is 11.4. The van der Waals surface area contributed by atoms with Crippen molar-refractivity contribution in [1.29, 1.82) is 0 Å². The van der Waals surface area contributed by atoms with Gasteiger partial charge in [0, 0.05) is 22.9 Å². The van der Waals surface area contributed by atoms with E-state index in [1.807, 2.05) is 31.9 Å². The number of carbonyl (C=O) groups excluding carboxylic acids is 1. The predicted molar refractivity (Wildman–Crippen MR) is 68.1 cm³/mol. The lowest BCUT2D eigenvalue weighted by atomic mass is 10.3. The topological polar surface area (TPSA) is 20.3 Å². The monoisotopic (exact) mass is 243 g/mol. The molecule has 1 amide bonds. The minimum Gasteiger partial charge on any atom is -0.338 e. The number of hydrogen-bond donors (Lipinski definition) is 0. The molecular weight excluding hydrogens is 226 g/mol. The van der Waals surface area contributed by atoms with Crippen molar-refractivity contribution < 1.29 is 4.79 Å². The average molecular weight is 243 g/mol. The van der Waals surface area contributed by atoms with Gasteiger partial charge in [0.15, 0.2) is 0 Å². The summed E-state index contributed by atoms with van der Waals surface area (Å²) >= 11 is 3.24. The van der Waals surface area contributed by atoms with E-state index in [9.17, 15) is 4.79 Å². The lowest BCUT2D eigenvalue weighted by Crippen LogP contribution is -2.30. The van der Waals surface area contributed by atoms with Crippen LogP contribution in [0, 0.1) is 6.92 Å². The summed E-state index contributed by atoms with van der Waals surface area (Å²) in [6.07, 6.45) is 2.01. The molecule has 1 aromatic heterocycles. The fraction of sp³-hybridized carbons (Fsp3) is 0.545. The molecular formula is C11H17NOS2. The van der Waals surface area contributed by atoms with Gasteiger partial charge in [0.05, 0.1) is 0 Å². The second kappa shape index (κ2) is 5.56. The Labute approximate surface area is 99.7 Å². The highest BCUT2D eigenvalue weighted by Crippen LogP contribution is 2.30. The van der Waals surface area contributed by atoms with E-state index >= 15 is 0 Å². The van der Waals surface area contributed by atoms with Crippen LogP contribution in [0.5, 0.6) is 0 Å². The zero-order valence-electron chi connectivity index (χ0n) is 9.66. The van der Waals surface area contributed by atoms with Crippen LogP contribution in [0.4, 0.5) is 0 Å². The summed E-state index contributed by atoms with van der Waals surface area (Å²) < 4.78 is 0. The van der Waals surface area contributed by atoms with E-state index in [1.165, 1.54) is 4.88 Å². The third-order valence-corrected chi connectivity index (χ3v) is 4.22. The number of nitrogens with zero attached hydrogens (tertiary/aromatic N) is 1. The Morgan fingerprint density at radius 3 is 2.53 bits per heavy atom. The molecule has 15 heavy (non-hydrogen) atoms. The van der Waals surface area contributed by atoms with Crippen LogP contribution >= 0.6 is 23.1 Å². The second-order valence-corrected chi connectivity index (χ2v) is 5.34. The van der Waals surface area contributed by atoms with Crippen LogP contribution in [0.1, 0.15) is 28.4 Å². The molecule has 0 atom stereocenters.